The Kier molecular flexibility index (Phi) is 5.80. The summed E-state index contributed by atoms with van der Waals surface area (Å²) in [6, 6.07) is 13.5. The zero-order chi connectivity index (χ0) is 18.4. The maximum atomic E-state index is 12.7. The molecule has 2 heterocycles. The van der Waals surface area contributed by atoms with Crippen LogP contribution in [0.15, 0.2) is 58.5 Å². The molecule has 0 aliphatic carbocycles. The van der Waals surface area contributed by atoms with Crippen LogP contribution in [0, 0.1) is 0 Å². The molecule has 6 nitrogen and oxygen atoms in total. The molecule has 0 radical (unpaired) electrons. The van der Waals surface area contributed by atoms with E-state index in [4.69, 9.17) is 10.2 Å². The SMILES string of the molecule is NC(=O)CCN(Cc1ccccc1)C(=O)Cc1coc(-c2cccs2)n1. The number of nitrogens with zero attached hydrogens (tertiary/aromatic N) is 2. The minimum Gasteiger partial charge on any atom is -0.444 e. The number of nitrogens with two attached hydrogens (primary N) is 1. The van der Waals surface area contributed by atoms with Crippen LogP contribution in [0.4, 0.5) is 0 Å². The summed E-state index contributed by atoms with van der Waals surface area (Å²) in [7, 11) is 0. The zero-order valence-corrected chi connectivity index (χ0v) is 14.9. The van der Waals surface area contributed by atoms with Gasteiger partial charge in [0.2, 0.25) is 17.7 Å². The van der Waals surface area contributed by atoms with Crippen LogP contribution in [0.2, 0.25) is 0 Å². The van der Waals surface area contributed by atoms with Crippen molar-refractivity contribution in [3.8, 4) is 10.8 Å². The number of carbonyl (C=O) groups excluding carboxylic acids is 2. The van der Waals surface area contributed by atoms with Crippen molar-refractivity contribution in [3.05, 3.63) is 65.4 Å². The molecule has 0 saturated carbocycles. The second-order valence-electron chi connectivity index (χ2n) is 5.82. The highest BCUT2D eigenvalue weighted by Gasteiger charge is 2.18. The Hall–Kier alpha value is -2.93. The van der Waals surface area contributed by atoms with Crippen molar-refractivity contribution in [3.63, 3.8) is 0 Å². The van der Waals surface area contributed by atoms with Gasteiger partial charge in [0, 0.05) is 19.5 Å². The highest BCUT2D eigenvalue weighted by atomic mass is 32.1. The van der Waals surface area contributed by atoms with Gasteiger partial charge in [0.05, 0.1) is 17.0 Å². The Morgan fingerprint density at radius 3 is 2.65 bits per heavy atom. The van der Waals surface area contributed by atoms with Crippen LogP contribution in [0.1, 0.15) is 17.7 Å². The molecule has 0 atom stereocenters. The fraction of sp³-hybridized carbons (Fsp3) is 0.211. The lowest BCUT2D eigenvalue weighted by molar-refractivity contribution is -0.131. The first-order valence-electron chi connectivity index (χ1n) is 8.20. The van der Waals surface area contributed by atoms with E-state index < -0.39 is 5.91 Å². The van der Waals surface area contributed by atoms with E-state index in [-0.39, 0.29) is 25.3 Å². The second-order valence-corrected chi connectivity index (χ2v) is 6.76. The molecule has 0 bridgehead atoms. The van der Waals surface area contributed by atoms with E-state index in [0.717, 1.165) is 10.4 Å². The van der Waals surface area contributed by atoms with Crippen molar-refractivity contribution in [2.45, 2.75) is 19.4 Å². The van der Waals surface area contributed by atoms with Gasteiger partial charge in [-0.25, -0.2) is 4.98 Å². The van der Waals surface area contributed by atoms with Crippen LogP contribution in [0.3, 0.4) is 0 Å². The van der Waals surface area contributed by atoms with Crippen molar-refractivity contribution < 1.29 is 14.0 Å². The van der Waals surface area contributed by atoms with Gasteiger partial charge in [-0.3, -0.25) is 9.59 Å². The van der Waals surface area contributed by atoms with Gasteiger partial charge in [0.25, 0.3) is 0 Å². The average molecular weight is 369 g/mol. The van der Waals surface area contributed by atoms with Crippen LogP contribution >= 0.6 is 11.3 Å². The molecular formula is C19H19N3O3S. The number of hydrogen-bond acceptors (Lipinski definition) is 5. The third-order valence-corrected chi connectivity index (χ3v) is 4.67. The Labute approximate surface area is 155 Å². The van der Waals surface area contributed by atoms with Gasteiger partial charge >= 0.3 is 0 Å². The number of thiophene rings is 1. The van der Waals surface area contributed by atoms with Crippen LogP contribution in [0.25, 0.3) is 10.8 Å². The number of rotatable bonds is 8. The summed E-state index contributed by atoms with van der Waals surface area (Å²) >= 11 is 1.52. The average Bonchev–Trinajstić information content (AvgIpc) is 3.30. The predicted molar refractivity (Wildman–Crippen MR) is 99.2 cm³/mol. The van der Waals surface area contributed by atoms with E-state index in [1.807, 2.05) is 47.8 Å². The first-order valence-corrected chi connectivity index (χ1v) is 9.08. The fourth-order valence-corrected chi connectivity index (χ4v) is 3.16. The van der Waals surface area contributed by atoms with Crippen LogP contribution in [0.5, 0.6) is 0 Å². The monoisotopic (exact) mass is 369 g/mol. The first-order chi connectivity index (χ1) is 12.6. The topological polar surface area (TPSA) is 89.4 Å². The molecule has 0 fully saturated rings. The fourth-order valence-electron chi connectivity index (χ4n) is 2.51. The summed E-state index contributed by atoms with van der Waals surface area (Å²) in [5, 5.41) is 1.94. The van der Waals surface area contributed by atoms with Gasteiger partial charge < -0.3 is 15.1 Å². The number of amides is 2. The van der Waals surface area contributed by atoms with Gasteiger partial charge in [-0.2, -0.15) is 0 Å². The molecule has 2 amide bonds. The molecule has 3 aromatic rings. The first kappa shape index (κ1) is 17.9. The molecule has 0 aliphatic rings. The lowest BCUT2D eigenvalue weighted by Gasteiger charge is -2.22. The second kappa shape index (κ2) is 8.44. The van der Waals surface area contributed by atoms with E-state index in [0.29, 0.717) is 18.1 Å². The number of benzene rings is 1. The molecule has 3 rings (SSSR count). The third kappa shape index (κ3) is 4.80. The minimum absolute atomic E-state index is 0.112. The Morgan fingerprint density at radius 2 is 1.96 bits per heavy atom. The molecule has 7 heteroatoms. The molecule has 0 aliphatic heterocycles. The van der Waals surface area contributed by atoms with Crippen molar-refractivity contribution in [2.75, 3.05) is 6.54 Å². The van der Waals surface area contributed by atoms with Crippen LogP contribution in [-0.2, 0) is 22.6 Å². The molecule has 2 N–H and O–H groups in total. The van der Waals surface area contributed by atoms with Gasteiger partial charge in [0.15, 0.2) is 0 Å². The summed E-state index contributed by atoms with van der Waals surface area (Å²) in [6.45, 7) is 0.696. The summed E-state index contributed by atoms with van der Waals surface area (Å²) < 4.78 is 5.46. The van der Waals surface area contributed by atoms with E-state index in [1.165, 1.54) is 17.6 Å². The predicted octanol–water partition coefficient (Wildman–Crippen LogP) is 2.85. The summed E-state index contributed by atoms with van der Waals surface area (Å²) in [5.41, 5.74) is 6.80. The van der Waals surface area contributed by atoms with E-state index in [9.17, 15) is 9.59 Å². The van der Waals surface area contributed by atoms with Gasteiger partial charge in [0.1, 0.15) is 6.26 Å². The number of primary amides is 1. The molecule has 0 unspecified atom stereocenters. The summed E-state index contributed by atoms with van der Waals surface area (Å²) in [4.78, 5) is 30.8. The molecule has 1 aromatic carbocycles. The van der Waals surface area contributed by atoms with E-state index in [2.05, 4.69) is 4.98 Å². The molecule has 2 aromatic heterocycles. The number of carbonyl (C=O) groups is 2. The summed E-state index contributed by atoms with van der Waals surface area (Å²) in [5.74, 6) is -0.0482. The van der Waals surface area contributed by atoms with E-state index >= 15 is 0 Å². The minimum atomic E-state index is -0.433. The molecule has 0 saturated heterocycles. The maximum absolute atomic E-state index is 12.7. The van der Waals surface area contributed by atoms with E-state index in [1.54, 1.807) is 4.90 Å². The number of aromatic nitrogens is 1. The van der Waals surface area contributed by atoms with Gasteiger partial charge in [-0.05, 0) is 17.0 Å². The lowest BCUT2D eigenvalue weighted by atomic mass is 10.2. The zero-order valence-electron chi connectivity index (χ0n) is 14.1. The lowest BCUT2D eigenvalue weighted by Crippen LogP contribution is -2.34. The van der Waals surface area contributed by atoms with Crippen molar-refractivity contribution in [2.24, 2.45) is 5.73 Å². The molecule has 26 heavy (non-hydrogen) atoms. The van der Waals surface area contributed by atoms with Crippen LogP contribution in [-0.4, -0.2) is 28.2 Å². The highest BCUT2D eigenvalue weighted by Crippen LogP contribution is 2.24. The van der Waals surface area contributed by atoms with Crippen molar-refractivity contribution >= 4 is 23.2 Å². The van der Waals surface area contributed by atoms with Crippen molar-refractivity contribution in [1.82, 2.24) is 9.88 Å². The highest BCUT2D eigenvalue weighted by molar-refractivity contribution is 7.13. The maximum Gasteiger partial charge on any atom is 0.236 e. The smallest absolute Gasteiger partial charge is 0.236 e. The summed E-state index contributed by atoms with van der Waals surface area (Å²) in [6.07, 6.45) is 1.74. The Balaban J connectivity index is 1.69. The van der Waals surface area contributed by atoms with Crippen LogP contribution < -0.4 is 5.73 Å². The quantitative estimate of drug-likeness (QED) is 0.661. The third-order valence-electron chi connectivity index (χ3n) is 3.81. The normalized spacial score (nSPS) is 10.6. The largest absolute Gasteiger partial charge is 0.444 e. The Morgan fingerprint density at radius 1 is 1.15 bits per heavy atom. The number of oxazole rings is 1. The number of hydrogen-bond donors (Lipinski definition) is 1. The Bertz CT molecular complexity index is 859. The molecular weight excluding hydrogens is 350 g/mol. The van der Waals surface area contributed by atoms with Crippen molar-refractivity contribution in [1.29, 1.82) is 0 Å². The van der Waals surface area contributed by atoms with Gasteiger partial charge in [-0.1, -0.05) is 36.4 Å². The molecule has 134 valence electrons. The standard InChI is InChI=1S/C19H19N3O3S/c20-17(23)8-9-22(12-14-5-2-1-3-6-14)18(24)11-15-13-25-19(21-15)16-7-4-10-26-16/h1-7,10,13H,8-9,11-12H2,(H2,20,23). The van der Waals surface area contributed by atoms with Gasteiger partial charge in [-0.15, -0.1) is 11.3 Å². The molecule has 0 spiro atoms.